The Morgan fingerprint density at radius 3 is 2.33 bits per heavy atom. The summed E-state index contributed by atoms with van der Waals surface area (Å²) >= 11 is 0. The highest BCUT2D eigenvalue weighted by atomic mass is 32.2. The lowest BCUT2D eigenvalue weighted by atomic mass is 10.2. The van der Waals surface area contributed by atoms with Gasteiger partial charge in [0, 0.05) is 13.1 Å². The lowest BCUT2D eigenvalue weighted by Gasteiger charge is -2.13. The molecule has 0 aromatic heterocycles. The highest BCUT2D eigenvalue weighted by Crippen LogP contribution is 2.17. The molecule has 15 heavy (non-hydrogen) atoms. The maximum Gasteiger partial charge on any atom is 0.127 e. The molecule has 0 saturated carbocycles. The van der Waals surface area contributed by atoms with Gasteiger partial charge in [0.1, 0.15) is 11.0 Å². The molecular formula is C11H12N2OS. The third-order valence-corrected chi connectivity index (χ3v) is 3.99. The number of nitrogens with zero attached hydrogens (tertiary/aromatic N) is 2. The molecule has 78 valence electrons. The van der Waals surface area contributed by atoms with Crippen molar-refractivity contribution in [3.8, 4) is 6.07 Å². The van der Waals surface area contributed by atoms with E-state index < -0.39 is 11.0 Å². The third kappa shape index (κ3) is 2.25. The van der Waals surface area contributed by atoms with E-state index in [2.05, 4.69) is 6.07 Å². The van der Waals surface area contributed by atoms with Crippen molar-refractivity contribution in [2.45, 2.75) is 17.7 Å². The van der Waals surface area contributed by atoms with Crippen molar-refractivity contribution < 1.29 is 4.21 Å². The average Bonchev–Trinajstić information content (AvgIpc) is 2.82. The Bertz CT molecular complexity index is 402. The minimum absolute atomic E-state index is 0.608. The van der Waals surface area contributed by atoms with E-state index in [0.29, 0.717) is 5.56 Å². The maximum atomic E-state index is 12.0. The van der Waals surface area contributed by atoms with Gasteiger partial charge in [-0.05, 0) is 37.1 Å². The molecule has 1 aliphatic heterocycles. The Kier molecular flexibility index (Phi) is 3.14. The molecule has 1 atom stereocenters. The minimum Gasteiger partial charge on any atom is -0.237 e. The summed E-state index contributed by atoms with van der Waals surface area (Å²) in [5.74, 6) is 0. The predicted molar refractivity (Wildman–Crippen MR) is 58.4 cm³/mol. The van der Waals surface area contributed by atoms with Crippen molar-refractivity contribution >= 4 is 11.0 Å². The van der Waals surface area contributed by atoms with Gasteiger partial charge in [-0.2, -0.15) is 5.26 Å². The van der Waals surface area contributed by atoms with Crippen LogP contribution in [0.15, 0.2) is 29.2 Å². The minimum atomic E-state index is -1.05. The number of hydrogen-bond acceptors (Lipinski definition) is 2. The molecule has 1 unspecified atom stereocenters. The lowest BCUT2D eigenvalue weighted by Crippen LogP contribution is -2.21. The van der Waals surface area contributed by atoms with Gasteiger partial charge < -0.3 is 0 Å². The second-order valence-corrected chi connectivity index (χ2v) is 5.01. The van der Waals surface area contributed by atoms with Crippen LogP contribution in [0.25, 0.3) is 0 Å². The molecule has 1 aliphatic rings. The van der Waals surface area contributed by atoms with E-state index in [1.165, 1.54) is 0 Å². The van der Waals surface area contributed by atoms with Crippen LogP contribution in [0, 0.1) is 11.3 Å². The van der Waals surface area contributed by atoms with Crippen LogP contribution in [0.2, 0.25) is 0 Å². The third-order valence-electron chi connectivity index (χ3n) is 2.48. The molecule has 2 rings (SSSR count). The van der Waals surface area contributed by atoms with Crippen LogP contribution < -0.4 is 0 Å². The molecule has 1 aromatic rings. The molecular weight excluding hydrogens is 208 g/mol. The molecule has 1 saturated heterocycles. The van der Waals surface area contributed by atoms with Gasteiger partial charge in [0.05, 0.1) is 16.5 Å². The quantitative estimate of drug-likeness (QED) is 0.761. The molecule has 0 amide bonds. The number of rotatable bonds is 2. The summed E-state index contributed by atoms with van der Waals surface area (Å²) in [5, 5.41) is 8.64. The molecule has 1 heterocycles. The van der Waals surface area contributed by atoms with Gasteiger partial charge in [0.2, 0.25) is 0 Å². The Morgan fingerprint density at radius 2 is 1.80 bits per heavy atom. The van der Waals surface area contributed by atoms with Crippen LogP contribution in [-0.4, -0.2) is 21.6 Å². The van der Waals surface area contributed by atoms with E-state index in [-0.39, 0.29) is 0 Å². The molecule has 0 radical (unpaired) electrons. The molecule has 1 aromatic carbocycles. The molecule has 0 spiro atoms. The Labute approximate surface area is 91.9 Å². The van der Waals surface area contributed by atoms with Crippen LogP contribution in [0.4, 0.5) is 0 Å². The van der Waals surface area contributed by atoms with Crippen molar-refractivity contribution in [2.24, 2.45) is 0 Å². The number of benzene rings is 1. The van der Waals surface area contributed by atoms with Crippen molar-refractivity contribution in [3.63, 3.8) is 0 Å². The average molecular weight is 220 g/mol. The van der Waals surface area contributed by atoms with Crippen molar-refractivity contribution in [1.29, 1.82) is 5.26 Å². The largest absolute Gasteiger partial charge is 0.237 e. The van der Waals surface area contributed by atoms with Crippen LogP contribution >= 0.6 is 0 Å². The van der Waals surface area contributed by atoms with Gasteiger partial charge in [0.25, 0.3) is 0 Å². The summed E-state index contributed by atoms with van der Waals surface area (Å²) in [5.41, 5.74) is 0.608. The first-order chi connectivity index (χ1) is 7.31. The second-order valence-electron chi connectivity index (χ2n) is 3.52. The standard InChI is InChI=1S/C11H12N2OS/c12-9-10-3-5-11(6-4-10)15(14)13-7-1-2-8-13/h3-6H,1-2,7-8H2. The number of hydrogen-bond donors (Lipinski definition) is 0. The van der Waals surface area contributed by atoms with Gasteiger partial charge >= 0.3 is 0 Å². The van der Waals surface area contributed by atoms with E-state index in [0.717, 1.165) is 30.8 Å². The first kappa shape index (κ1) is 10.3. The van der Waals surface area contributed by atoms with Gasteiger partial charge in [0.15, 0.2) is 0 Å². The summed E-state index contributed by atoms with van der Waals surface area (Å²) in [6.07, 6.45) is 2.25. The number of nitriles is 1. The lowest BCUT2D eigenvalue weighted by molar-refractivity contribution is 0.536. The highest BCUT2D eigenvalue weighted by Gasteiger charge is 2.18. The topological polar surface area (TPSA) is 44.1 Å². The molecule has 3 nitrogen and oxygen atoms in total. The fourth-order valence-electron chi connectivity index (χ4n) is 1.65. The summed E-state index contributed by atoms with van der Waals surface area (Å²) in [6.45, 7) is 1.82. The van der Waals surface area contributed by atoms with E-state index >= 15 is 0 Å². The highest BCUT2D eigenvalue weighted by molar-refractivity contribution is 7.82. The zero-order chi connectivity index (χ0) is 10.7. The van der Waals surface area contributed by atoms with Gasteiger partial charge in [-0.1, -0.05) is 0 Å². The monoisotopic (exact) mass is 220 g/mol. The first-order valence-corrected chi connectivity index (χ1v) is 6.09. The summed E-state index contributed by atoms with van der Waals surface area (Å²) in [4.78, 5) is 0.788. The zero-order valence-corrected chi connectivity index (χ0v) is 9.17. The van der Waals surface area contributed by atoms with E-state index in [4.69, 9.17) is 5.26 Å². The summed E-state index contributed by atoms with van der Waals surface area (Å²) in [7, 11) is -1.05. The maximum absolute atomic E-state index is 12.0. The molecule has 4 heteroatoms. The van der Waals surface area contributed by atoms with Gasteiger partial charge in [-0.25, -0.2) is 8.51 Å². The molecule has 0 aliphatic carbocycles. The normalized spacial score (nSPS) is 18.6. The van der Waals surface area contributed by atoms with E-state index in [9.17, 15) is 4.21 Å². The van der Waals surface area contributed by atoms with Crippen molar-refractivity contribution in [3.05, 3.63) is 29.8 Å². The van der Waals surface area contributed by atoms with Crippen LogP contribution in [0.1, 0.15) is 18.4 Å². The SMILES string of the molecule is N#Cc1ccc(S(=O)N2CCCC2)cc1. The molecule has 1 fully saturated rings. The fraction of sp³-hybridized carbons (Fsp3) is 0.364. The van der Waals surface area contributed by atoms with Gasteiger partial charge in [-0.15, -0.1) is 0 Å². The Balaban J connectivity index is 2.15. The molecule has 0 bridgehead atoms. The van der Waals surface area contributed by atoms with Crippen LogP contribution in [0.3, 0.4) is 0 Å². The van der Waals surface area contributed by atoms with Gasteiger partial charge in [-0.3, -0.25) is 0 Å². The first-order valence-electron chi connectivity index (χ1n) is 4.98. The van der Waals surface area contributed by atoms with Crippen molar-refractivity contribution in [2.75, 3.05) is 13.1 Å². The van der Waals surface area contributed by atoms with Crippen LogP contribution in [0.5, 0.6) is 0 Å². The van der Waals surface area contributed by atoms with E-state index in [1.807, 2.05) is 4.31 Å². The predicted octanol–water partition coefficient (Wildman–Crippen LogP) is 1.68. The summed E-state index contributed by atoms with van der Waals surface area (Å²) in [6, 6.07) is 9.01. The zero-order valence-electron chi connectivity index (χ0n) is 8.35. The summed E-state index contributed by atoms with van der Waals surface area (Å²) < 4.78 is 14.0. The Morgan fingerprint density at radius 1 is 1.20 bits per heavy atom. The molecule has 0 N–H and O–H groups in total. The second kappa shape index (κ2) is 4.56. The fourth-order valence-corrected chi connectivity index (χ4v) is 2.91. The van der Waals surface area contributed by atoms with E-state index in [1.54, 1.807) is 24.3 Å². The Hall–Kier alpha value is -1.18. The smallest absolute Gasteiger partial charge is 0.127 e. The van der Waals surface area contributed by atoms with Crippen molar-refractivity contribution in [1.82, 2.24) is 4.31 Å². The van der Waals surface area contributed by atoms with Crippen LogP contribution in [-0.2, 0) is 11.0 Å².